The molecule has 96 valence electrons. The summed E-state index contributed by atoms with van der Waals surface area (Å²) in [6.07, 6.45) is 3.18. The number of hydrogen-bond donors (Lipinski definition) is 0. The van der Waals surface area contributed by atoms with Crippen LogP contribution in [0.25, 0.3) is 0 Å². The van der Waals surface area contributed by atoms with E-state index in [2.05, 4.69) is 54.4 Å². The summed E-state index contributed by atoms with van der Waals surface area (Å²) >= 11 is 0. The van der Waals surface area contributed by atoms with E-state index in [0.717, 1.165) is 12.1 Å². The molecule has 0 saturated heterocycles. The van der Waals surface area contributed by atoms with Crippen molar-refractivity contribution in [2.75, 3.05) is 7.05 Å². The van der Waals surface area contributed by atoms with Gasteiger partial charge in [-0.2, -0.15) is 0 Å². The molecule has 0 heterocycles. The first-order chi connectivity index (χ1) is 9.31. The van der Waals surface area contributed by atoms with Gasteiger partial charge in [-0.05, 0) is 30.0 Å². The third-order valence-corrected chi connectivity index (χ3v) is 3.13. The molecule has 2 aromatic rings. The standard InChI is InChI=1S/C18H19N/c1-15(13-14-16-9-5-3-6-10-16)18(19-2)17-11-7-4-8-12-17/h3-13H,14H2,1-2H3/b15-13-,19-18?. The molecule has 0 saturated carbocycles. The van der Waals surface area contributed by atoms with E-state index in [4.69, 9.17) is 0 Å². The van der Waals surface area contributed by atoms with E-state index < -0.39 is 0 Å². The minimum Gasteiger partial charge on any atom is -0.288 e. The van der Waals surface area contributed by atoms with Crippen molar-refractivity contribution in [2.24, 2.45) is 4.99 Å². The van der Waals surface area contributed by atoms with Crippen molar-refractivity contribution in [1.82, 2.24) is 0 Å². The molecule has 0 aliphatic carbocycles. The Kier molecular flexibility index (Phi) is 4.68. The van der Waals surface area contributed by atoms with Crippen molar-refractivity contribution in [2.45, 2.75) is 13.3 Å². The van der Waals surface area contributed by atoms with Crippen LogP contribution in [-0.4, -0.2) is 12.8 Å². The molecule has 0 spiro atoms. The SMILES string of the molecule is CN=C(/C(C)=C\Cc1ccccc1)c1ccccc1. The number of allylic oxidation sites excluding steroid dienone is 2. The Labute approximate surface area is 115 Å². The molecule has 0 aliphatic rings. The largest absolute Gasteiger partial charge is 0.288 e. The molecule has 0 fully saturated rings. The van der Waals surface area contributed by atoms with Crippen LogP contribution in [0.15, 0.2) is 77.3 Å². The van der Waals surface area contributed by atoms with Gasteiger partial charge >= 0.3 is 0 Å². The first-order valence-corrected chi connectivity index (χ1v) is 6.54. The van der Waals surface area contributed by atoms with Crippen molar-refractivity contribution >= 4 is 5.71 Å². The van der Waals surface area contributed by atoms with Crippen LogP contribution < -0.4 is 0 Å². The van der Waals surface area contributed by atoms with Gasteiger partial charge in [-0.25, -0.2) is 0 Å². The lowest BCUT2D eigenvalue weighted by molar-refractivity contribution is 1.24. The van der Waals surface area contributed by atoms with Gasteiger partial charge < -0.3 is 0 Å². The lowest BCUT2D eigenvalue weighted by atomic mass is 10.0. The van der Waals surface area contributed by atoms with Crippen LogP contribution in [0.5, 0.6) is 0 Å². The minimum absolute atomic E-state index is 0.943. The normalized spacial score (nSPS) is 12.5. The molecule has 2 rings (SSSR count). The lowest BCUT2D eigenvalue weighted by Crippen LogP contribution is -2.02. The summed E-state index contributed by atoms with van der Waals surface area (Å²) in [4.78, 5) is 4.42. The fourth-order valence-electron chi connectivity index (χ4n) is 2.11. The van der Waals surface area contributed by atoms with Crippen molar-refractivity contribution < 1.29 is 0 Å². The first kappa shape index (κ1) is 13.3. The highest BCUT2D eigenvalue weighted by Gasteiger charge is 2.03. The highest BCUT2D eigenvalue weighted by molar-refractivity contribution is 6.12. The second kappa shape index (κ2) is 6.69. The predicted octanol–water partition coefficient (Wildman–Crippen LogP) is 4.29. The quantitative estimate of drug-likeness (QED) is 0.717. The van der Waals surface area contributed by atoms with Gasteiger partial charge in [-0.15, -0.1) is 0 Å². The van der Waals surface area contributed by atoms with Gasteiger partial charge in [0.25, 0.3) is 0 Å². The second-order valence-corrected chi connectivity index (χ2v) is 4.52. The number of hydrogen-bond acceptors (Lipinski definition) is 1. The van der Waals surface area contributed by atoms with Crippen molar-refractivity contribution in [3.63, 3.8) is 0 Å². The van der Waals surface area contributed by atoms with Crippen LogP contribution in [0.3, 0.4) is 0 Å². The molecule has 0 atom stereocenters. The third kappa shape index (κ3) is 3.65. The Balaban J connectivity index is 2.16. The Bertz CT molecular complexity index is 565. The Morgan fingerprint density at radius 3 is 2.11 bits per heavy atom. The molecule has 1 nitrogen and oxygen atoms in total. The zero-order chi connectivity index (χ0) is 13.5. The highest BCUT2D eigenvalue weighted by Crippen LogP contribution is 2.11. The number of nitrogens with zero attached hydrogens (tertiary/aromatic N) is 1. The van der Waals surface area contributed by atoms with E-state index in [1.54, 1.807) is 0 Å². The van der Waals surface area contributed by atoms with Crippen LogP contribution in [0, 0.1) is 0 Å². The fraction of sp³-hybridized carbons (Fsp3) is 0.167. The molecule has 0 amide bonds. The maximum Gasteiger partial charge on any atom is 0.0669 e. The van der Waals surface area contributed by atoms with Gasteiger partial charge in [0.15, 0.2) is 0 Å². The van der Waals surface area contributed by atoms with Crippen molar-refractivity contribution in [3.8, 4) is 0 Å². The number of benzene rings is 2. The maximum atomic E-state index is 4.42. The molecule has 1 heteroatoms. The summed E-state index contributed by atoms with van der Waals surface area (Å²) in [5.74, 6) is 0. The Morgan fingerprint density at radius 2 is 1.53 bits per heavy atom. The third-order valence-electron chi connectivity index (χ3n) is 3.13. The van der Waals surface area contributed by atoms with Gasteiger partial charge in [0.1, 0.15) is 0 Å². The van der Waals surface area contributed by atoms with Crippen LogP contribution in [-0.2, 0) is 6.42 Å². The number of aliphatic imine (C=N–C) groups is 1. The van der Waals surface area contributed by atoms with Crippen LogP contribution in [0.4, 0.5) is 0 Å². The summed E-state index contributed by atoms with van der Waals surface area (Å²) in [5.41, 5.74) is 4.78. The topological polar surface area (TPSA) is 12.4 Å². The molecule has 0 aromatic heterocycles. The van der Waals surface area contributed by atoms with Crippen molar-refractivity contribution in [3.05, 3.63) is 83.4 Å². The molecule has 0 radical (unpaired) electrons. The number of rotatable bonds is 4. The summed E-state index contributed by atoms with van der Waals surface area (Å²) in [6, 6.07) is 20.8. The predicted molar refractivity (Wildman–Crippen MR) is 82.8 cm³/mol. The van der Waals surface area contributed by atoms with E-state index in [-0.39, 0.29) is 0 Å². The molecular weight excluding hydrogens is 230 g/mol. The monoisotopic (exact) mass is 249 g/mol. The van der Waals surface area contributed by atoms with E-state index in [9.17, 15) is 0 Å². The summed E-state index contributed by atoms with van der Waals surface area (Å²) in [5, 5.41) is 0. The van der Waals surface area contributed by atoms with E-state index in [1.807, 2.05) is 31.3 Å². The van der Waals surface area contributed by atoms with E-state index in [0.29, 0.717) is 0 Å². The summed E-state index contributed by atoms with van der Waals surface area (Å²) < 4.78 is 0. The highest BCUT2D eigenvalue weighted by atomic mass is 14.7. The molecule has 2 aromatic carbocycles. The van der Waals surface area contributed by atoms with E-state index >= 15 is 0 Å². The molecule has 19 heavy (non-hydrogen) atoms. The van der Waals surface area contributed by atoms with Gasteiger partial charge in [0.2, 0.25) is 0 Å². The summed E-state index contributed by atoms with van der Waals surface area (Å²) in [7, 11) is 1.85. The average molecular weight is 249 g/mol. The average Bonchev–Trinajstić information content (AvgIpc) is 2.48. The zero-order valence-corrected chi connectivity index (χ0v) is 11.5. The van der Waals surface area contributed by atoms with Crippen LogP contribution in [0.2, 0.25) is 0 Å². The van der Waals surface area contributed by atoms with Crippen LogP contribution >= 0.6 is 0 Å². The van der Waals surface area contributed by atoms with Gasteiger partial charge in [0.05, 0.1) is 5.71 Å². The fourth-order valence-corrected chi connectivity index (χ4v) is 2.11. The molecule has 0 aliphatic heterocycles. The minimum atomic E-state index is 0.943. The van der Waals surface area contributed by atoms with Crippen molar-refractivity contribution in [1.29, 1.82) is 0 Å². The van der Waals surface area contributed by atoms with Gasteiger partial charge in [0, 0.05) is 7.05 Å². The van der Waals surface area contributed by atoms with E-state index in [1.165, 1.54) is 16.7 Å². The molecule has 0 N–H and O–H groups in total. The molecular formula is C18H19N. The molecule has 0 bridgehead atoms. The lowest BCUT2D eigenvalue weighted by Gasteiger charge is -2.06. The van der Waals surface area contributed by atoms with Gasteiger partial charge in [-0.3, -0.25) is 4.99 Å². The summed E-state index contributed by atoms with van der Waals surface area (Å²) in [6.45, 7) is 2.12. The van der Waals surface area contributed by atoms with Gasteiger partial charge in [-0.1, -0.05) is 66.7 Å². The second-order valence-electron chi connectivity index (χ2n) is 4.52. The first-order valence-electron chi connectivity index (χ1n) is 6.54. The Morgan fingerprint density at radius 1 is 0.947 bits per heavy atom. The zero-order valence-electron chi connectivity index (χ0n) is 11.5. The molecule has 0 unspecified atom stereocenters. The smallest absolute Gasteiger partial charge is 0.0669 e. The Hall–Kier alpha value is -2.15. The maximum absolute atomic E-state index is 4.42. The van der Waals surface area contributed by atoms with Crippen LogP contribution in [0.1, 0.15) is 18.1 Å².